The molecule has 0 aromatic carbocycles. The Morgan fingerprint density at radius 1 is 1.11 bits per heavy atom. The molecule has 18 heavy (non-hydrogen) atoms. The molecule has 2 N–H and O–H groups in total. The van der Waals surface area contributed by atoms with Gasteiger partial charge < -0.3 is 15.4 Å². The summed E-state index contributed by atoms with van der Waals surface area (Å²) < 4.78 is 5.65. The normalized spacial score (nSPS) is 25.2. The van der Waals surface area contributed by atoms with E-state index in [9.17, 15) is 4.79 Å². The molecule has 1 saturated heterocycles. The van der Waals surface area contributed by atoms with Crippen molar-refractivity contribution in [3.8, 4) is 0 Å². The monoisotopic (exact) mass is 254 g/mol. The third-order valence-corrected chi connectivity index (χ3v) is 3.92. The lowest BCUT2D eigenvalue weighted by Crippen LogP contribution is -2.39. The van der Waals surface area contributed by atoms with Crippen LogP contribution in [-0.2, 0) is 9.53 Å². The molecule has 1 aliphatic heterocycles. The van der Waals surface area contributed by atoms with Crippen molar-refractivity contribution >= 4 is 5.91 Å². The van der Waals surface area contributed by atoms with Crippen molar-refractivity contribution in [1.82, 2.24) is 10.6 Å². The highest BCUT2D eigenvalue weighted by atomic mass is 16.5. The van der Waals surface area contributed by atoms with Crippen LogP contribution in [0, 0.1) is 0 Å². The van der Waals surface area contributed by atoms with E-state index in [1.54, 1.807) is 0 Å². The van der Waals surface area contributed by atoms with E-state index < -0.39 is 0 Å². The van der Waals surface area contributed by atoms with E-state index >= 15 is 0 Å². The van der Waals surface area contributed by atoms with E-state index in [2.05, 4.69) is 10.6 Å². The van der Waals surface area contributed by atoms with Gasteiger partial charge in [0.15, 0.2) is 0 Å². The summed E-state index contributed by atoms with van der Waals surface area (Å²) in [6.45, 7) is 2.23. The van der Waals surface area contributed by atoms with E-state index in [4.69, 9.17) is 4.74 Å². The maximum Gasteiger partial charge on any atom is 0.234 e. The molecule has 1 aliphatic carbocycles. The van der Waals surface area contributed by atoms with Gasteiger partial charge in [-0.3, -0.25) is 4.79 Å². The second kappa shape index (κ2) is 7.74. The molecule has 0 aromatic rings. The molecule has 0 aromatic heterocycles. The fourth-order valence-electron chi connectivity index (χ4n) is 2.85. The van der Waals surface area contributed by atoms with Gasteiger partial charge in [0.25, 0.3) is 0 Å². The SMILES string of the molecule is O=C(CNCCC1CCCCO1)NC1CCCC1. The van der Waals surface area contributed by atoms with Crippen LogP contribution in [0.2, 0.25) is 0 Å². The van der Waals surface area contributed by atoms with Gasteiger partial charge in [0.2, 0.25) is 5.91 Å². The Morgan fingerprint density at radius 2 is 1.89 bits per heavy atom. The summed E-state index contributed by atoms with van der Waals surface area (Å²) in [5.74, 6) is 0.145. The number of hydrogen-bond donors (Lipinski definition) is 2. The van der Waals surface area contributed by atoms with Gasteiger partial charge in [-0.15, -0.1) is 0 Å². The minimum absolute atomic E-state index is 0.145. The number of carbonyl (C=O) groups is 1. The minimum atomic E-state index is 0.145. The van der Waals surface area contributed by atoms with Gasteiger partial charge >= 0.3 is 0 Å². The zero-order valence-electron chi connectivity index (χ0n) is 11.2. The number of hydrogen-bond acceptors (Lipinski definition) is 3. The van der Waals surface area contributed by atoms with Crippen LogP contribution in [0.3, 0.4) is 0 Å². The van der Waals surface area contributed by atoms with Crippen LogP contribution < -0.4 is 10.6 Å². The molecule has 1 amide bonds. The van der Waals surface area contributed by atoms with Crippen molar-refractivity contribution in [2.45, 2.75) is 63.5 Å². The first-order valence-corrected chi connectivity index (χ1v) is 7.46. The molecule has 1 saturated carbocycles. The minimum Gasteiger partial charge on any atom is -0.378 e. The molecular formula is C14H26N2O2. The zero-order chi connectivity index (χ0) is 12.6. The summed E-state index contributed by atoms with van der Waals surface area (Å²) in [5, 5.41) is 6.30. The highest BCUT2D eigenvalue weighted by Gasteiger charge is 2.17. The van der Waals surface area contributed by atoms with Gasteiger partial charge in [-0.05, 0) is 45.1 Å². The summed E-state index contributed by atoms with van der Waals surface area (Å²) in [5.41, 5.74) is 0. The third kappa shape index (κ3) is 4.94. The van der Waals surface area contributed by atoms with E-state index in [1.165, 1.54) is 32.1 Å². The summed E-state index contributed by atoms with van der Waals surface area (Å²) in [4.78, 5) is 11.6. The van der Waals surface area contributed by atoms with Gasteiger partial charge in [0.05, 0.1) is 12.6 Å². The highest BCUT2D eigenvalue weighted by molar-refractivity contribution is 5.78. The van der Waals surface area contributed by atoms with Gasteiger partial charge in [-0.2, -0.15) is 0 Å². The van der Waals surface area contributed by atoms with E-state index in [1.807, 2.05) is 0 Å². The third-order valence-electron chi connectivity index (χ3n) is 3.92. The molecule has 4 heteroatoms. The van der Waals surface area contributed by atoms with E-state index in [0.29, 0.717) is 18.7 Å². The fourth-order valence-corrected chi connectivity index (χ4v) is 2.85. The first kappa shape index (κ1) is 13.8. The van der Waals surface area contributed by atoms with Crippen molar-refractivity contribution in [2.75, 3.05) is 19.7 Å². The summed E-state index contributed by atoms with van der Waals surface area (Å²) in [6, 6.07) is 0.431. The lowest BCUT2D eigenvalue weighted by molar-refractivity contribution is -0.120. The molecule has 1 atom stereocenters. The number of amides is 1. The molecule has 0 radical (unpaired) electrons. The molecule has 104 valence electrons. The maximum atomic E-state index is 11.6. The van der Waals surface area contributed by atoms with Crippen LogP contribution >= 0.6 is 0 Å². The lowest BCUT2D eigenvalue weighted by atomic mass is 10.1. The second-order valence-corrected chi connectivity index (χ2v) is 5.50. The van der Waals surface area contributed by atoms with Crippen molar-refractivity contribution in [3.63, 3.8) is 0 Å². The topological polar surface area (TPSA) is 50.4 Å². The average Bonchev–Trinajstić information content (AvgIpc) is 2.89. The zero-order valence-corrected chi connectivity index (χ0v) is 11.2. The number of carbonyl (C=O) groups excluding carboxylic acids is 1. The average molecular weight is 254 g/mol. The van der Waals surface area contributed by atoms with Gasteiger partial charge in [-0.25, -0.2) is 0 Å². The number of ether oxygens (including phenoxy) is 1. The standard InChI is InChI=1S/C14H26N2O2/c17-14(16-12-5-1-2-6-12)11-15-9-8-13-7-3-4-10-18-13/h12-13,15H,1-11H2,(H,16,17). The van der Waals surface area contributed by atoms with Gasteiger partial charge in [-0.1, -0.05) is 12.8 Å². The largest absolute Gasteiger partial charge is 0.378 e. The number of rotatable bonds is 6. The molecule has 2 rings (SSSR count). The van der Waals surface area contributed by atoms with E-state index in [0.717, 1.165) is 32.4 Å². The first-order chi connectivity index (χ1) is 8.84. The van der Waals surface area contributed by atoms with Crippen molar-refractivity contribution < 1.29 is 9.53 Å². The smallest absolute Gasteiger partial charge is 0.234 e. The van der Waals surface area contributed by atoms with Crippen molar-refractivity contribution in [1.29, 1.82) is 0 Å². The Hall–Kier alpha value is -0.610. The Kier molecular flexibility index (Phi) is 5.94. The Bertz CT molecular complexity index is 246. The molecule has 1 heterocycles. The second-order valence-electron chi connectivity index (χ2n) is 5.50. The predicted octanol–water partition coefficient (Wildman–Crippen LogP) is 1.59. The molecular weight excluding hydrogens is 228 g/mol. The van der Waals surface area contributed by atoms with Gasteiger partial charge in [0.1, 0.15) is 0 Å². The molecule has 1 unspecified atom stereocenters. The Balaban J connectivity index is 1.47. The predicted molar refractivity (Wildman–Crippen MR) is 71.5 cm³/mol. The Labute approximate surface area is 110 Å². The van der Waals surface area contributed by atoms with Crippen LogP contribution in [0.1, 0.15) is 51.4 Å². The quantitative estimate of drug-likeness (QED) is 0.708. The van der Waals surface area contributed by atoms with Gasteiger partial charge in [0, 0.05) is 12.6 Å². The van der Waals surface area contributed by atoms with Crippen LogP contribution in [0.25, 0.3) is 0 Å². The lowest BCUT2D eigenvalue weighted by Gasteiger charge is -2.22. The van der Waals surface area contributed by atoms with Crippen molar-refractivity contribution in [2.24, 2.45) is 0 Å². The van der Waals surface area contributed by atoms with Crippen LogP contribution in [-0.4, -0.2) is 37.7 Å². The fraction of sp³-hybridized carbons (Fsp3) is 0.929. The Morgan fingerprint density at radius 3 is 2.61 bits per heavy atom. The van der Waals surface area contributed by atoms with E-state index in [-0.39, 0.29) is 5.91 Å². The van der Waals surface area contributed by atoms with Crippen LogP contribution in [0.4, 0.5) is 0 Å². The van der Waals surface area contributed by atoms with Crippen LogP contribution in [0.5, 0.6) is 0 Å². The molecule has 2 aliphatic rings. The highest BCUT2D eigenvalue weighted by Crippen LogP contribution is 2.17. The van der Waals surface area contributed by atoms with Crippen LogP contribution in [0.15, 0.2) is 0 Å². The molecule has 0 spiro atoms. The summed E-state index contributed by atoms with van der Waals surface area (Å²) in [6.07, 6.45) is 9.93. The molecule has 2 fully saturated rings. The van der Waals surface area contributed by atoms with Crippen molar-refractivity contribution in [3.05, 3.63) is 0 Å². The first-order valence-electron chi connectivity index (χ1n) is 7.46. The summed E-state index contributed by atoms with van der Waals surface area (Å²) >= 11 is 0. The molecule has 4 nitrogen and oxygen atoms in total. The maximum absolute atomic E-state index is 11.6. The molecule has 0 bridgehead atoms. The number of nitrogens with one attached hydrogen (secondary N) is 2. The summed E-state index contributed by atoms with van der Waals surface area (Å²) in [7, 11) is 0.